The Labute approximate surface area is 274 Å². The molecule has 0 radical (unpaired) electrons. The minimum Gasteiger partial charge on any atom is -0.308 e. The van der Waals surface area contributed by atoms with Crippen LogP contribution in [0.15, 0.2) is 152 Å². The van der Waals surface area contributed by atoms with E-state index in [0.29, 0.717) is 17.6 Å². The standard InChI is InChI=1S/C43H25N5/c1-3-14-26(15-4-1)41-44-42(27-16-5-2-6-17-27)46-43(45-41)48-35-25-13-22-29-28-18-9-11-23-33(28)47-34-24-12-10-21-32(34)36-30-19-7-8-20-31(30)39(48)38(37(29)35)40(36)47/h1-25H. The molecule has 0 atom stereocenters. The molecule has 48 heavy (non-hydrogen) atoms. The lowest BCUT2D eigenvalue weighted by molar-refractivity contribution is 0.955. The van der Waals surface area contributed by atoms with Crippen LogP contribution in [0.1, 0.15) is 0 Å². The number of benzene rings is 7. The molecule has 0 saturated heterocycles. The Morgan fingerprint density at radius 1 is 0.333 bits per heavy atom. The molecule has 0 N–H and O–H groups in total. The molecule has 222 valence electrons. The van der Waals surface area contributed by atoms with Crippen molar-refractivity contribution in [3.63, 3.8) is 0 Å². The van der Waals surface area contributed by atoms with E-state index in [2.05, 4.69) is 124 Å². The topological polar surface area (TPSA) is 48.0 Å². The van der Waals surface area contributed by atoms with Crippen molar-refractivity contribution in [2.24, 2.45) is 0 Å². The Bertz CT molecular complexity index is 2990. The molecule has 0 amide bonds. The molecule has 5 heteroatoms. The summed E-state index contributed by atoms with van der Waals surface area (Å²) in [5.41, 5.74) is 7.66. The van der Waals surface area contributed by atoms with Crippen LogP contribution in [-0.4, -0.2) is 23.9 Å². The van der Waals surface area contributed by atoms with E-state index in [1.165, 1.54) is 59.6 Å². The maximum absolute atomic E-state index is 5.25. The van der Waals surface area contributed by atoms with Gasteiger partial charge in [0.15, 0.2) is 11.6 Å². The molecule has 0 aliphatic carbocycles. The minimum atomic E-state index is 0.598. The fraction of sp³-hybridized carbons (Fsp3) is 0. The van der Waals surface area contributed by atoms with Crippen molar-refractivity contribution >= 4 is 70.7 Å². The highest BCUT2D eigenvalue weighted by Crippen LogP contribution is 2.48. The second-order valence-electron chi connectivity index (χ2n) is 12.4. The molecule has 0 unspecified atom stereocenters. The Morgan fingerprint density at radius 2 is 0.833 bits per heavy atom. The summed E-state index contributed by atoms with van der Waals surface area (Å²) in [4.78, 5) is 15.5. The molecule has 4 heterocycles. The molecule has 0 bridgehead atoms. The first kappa shape index (κ1) is 25.6. The van der Waals surface area contributed by atoms with Gasteiger partial charge in [0.25, 0.3) is 0 Å². The number of para-hydroxylation sites is 2. The van der Waals surface area contributed by atoms with Gasteiger partial charge in [0.1, 0.15) is 0 Å². The Hall–Kier alpha value is -6.59. The van der Waals surface area contributed by atoms with Crippen LogP contribution in [0.5, 0.6) is 0 Å². The first-order valence-corrected chi connectivity index (χ1v) is 16.2. The molecule has 0 spiro atoms. The normalized spacial score (nSPS) is 12.2. The van der Waals surface area contributed by atoms with Crippen LogP contribution < -0.4 is 0 Å². The average Bonchev–Trinajstić information content (AvgIpc) is 3.65. The van der Waals surface area contributed by atoms with Crippen molar-refractivity contribution < 1.29 is 0 Å². The highest BCUT2D eigenvalue weighted by atomic mass is 15.2. The quantitative estimate of drug-likeness (QED) is 0.200. The number of hydrogen-bond donors (Lipinski definition) is 0. The van der Waals surface area contributed by atoms with E-state index in [-0.39, 0.29) is 0 Å². The fourth-order valence-corrected chi connectivity index (χ4v) is 7.96. The van der Waals surface area contributed by atoms with Crippen LogP contribution in [0.2, 0.25) is 0 Å². The molecular formula is C43H25N5. The zero-order valence-corrected chi connectivity index (χ0v) is 25.7. The van der Waals surface area contributed by atoms with Gasteiger partial charge < -0.3 is 4.40 Å². The Kier molecular flexibility index (Phi) is 5.05. The van der Waals surface area contributed by atoms with Gasteiger partial charge in [-0.15, -0.1) is 0 Å². The Morgan fingerprint density at radius 3 is 1.52 bits per heavy atom. The summed E-state index contributed by atoms with van der Waals surface area (Å²) < 4.78 is 4.77. The number of aromatic nitrogens is 5. The van der Waals surface area contributed by atoms with Crippen LogP contribution in [-0.2, 0) is 0 Å². The highest BCUT2D eigenvalue weighted by Gasteiger charge is 2.27. The van der Waals surface area contributed by atoms with E-state index in [1.54, 1.807) is 0 Å². The van der Waals surface area contributed by atoms with E-state index >= 15 is 0 Å². The van der Waals surface area contributed by atoms with E-state index in [4.69, 9.17) is 15.0 Å². The molecule has 11 rings (SSSR count). The van der Waals surface area contributed by atoms with Crippen LogP contribution >= 0.6 is 0 Å². The monoisotopic (exact) mass is 611 g/mol. The van der Waals surface area contributed by atoms with Gasteiger partial charge in [-0.1, -0.05) is 133 Å². The lowest BCUT2D eigenvalue weighted by Gasteiger charge is -2.13. The first-order chi connectivity index (χ1) is 23.8. The number of nitrogens with zero attached hydrogens (tertiary/aromatic N) is 5. The number of fused-ring (bicyclic) bond motifs is 9. The van der Waals surface area contributed by atoms with Gasteiger partial charge in [0.2, 0.25) is 5.95 Å². The van der Waals surface area contributed by atoms with Crippen molar-refractivity contribution in [2.75, 3.05) is 0 Å². The van der Waals surface area contributed by atoms with Crippen LogP contribution in [0.4, 0.5) is 0 Å². The van der Waals surface area contributed by atoms with Crippen molar-refractivity contribution in [3.8, 4) is 28.7 Å². The van der Waals surface area contributed by atoms with Gasteiger partial charge in [-0.25, -0.2) is 4.98 Å². The number of hydrogen-bond acceptors (Lipinski definition) is 3. The van der Waals surface area contributed by atoms with Gasteiger partial charge in [-0.05, 0) is 29.0 Å². The second kappa shape index (κ2) is 9.47. The van der Waals surface area contributed by atoms with E-state index in [1.807, 2.05) is 36.4 Å². The molecule has 4 aromatic heterocycles. The minimum absolute atomic E-state index is 0.598. The summed E-state index contributed by atoms with van der Waals surface area (Å²) in [6, 6.07) is 53.5. The summed E-state index contributed by atoms with van der Waals surface area (Å²) in [6.45, 7) is 0. The largest absolute Gasteiger partial charge is 0.308 e. The third-order valence-corrected chi connectivity index (χ3v) is 9.88. The molecule has 0 aliphatic rings. The number of rotatable bonds is 3. The zero-order valence-electron chi connectivity index (χ0n) is 25.7. The van der Waals surface area contributed by atoms with Crippen molar-refractivity contribution in [1.82, 2.24) is 23.9 Å². The van der Waals surface area contributed by atoms with Gasteiger partial charge in [-0.2, -0.15) is 9.97 Å². The molecular weight excluding hydrogens is 587 g/mol. The predicted octanol–water partition coefficient (Wildman–Crippen LogP) is 10.6. The average molecular weight is 612 g/mol. The van der Waals surface area contributed by atoms with Gasteiger partial charge in [0, 0.05) is 43.4 Å². The summed E-state index contributed by atoms with van der Waals surface area (Å²) in [7, 11) is 0. The van der Waals surface area contributed by atoms with Crippen molar-refractivity contribution in [1.29, 1.82) is 0 Å². The highest BCUT2D eigenvalue weighted by molar-refractivity contribution is 6.40. The Balaban J connectivity index is 1.43. The summed E-state index contributed by atoms with van der Waals surface area (Å²) in [5.74, 6) is 1.88. The molecule has 7 aromatic carbocycles. The maximum atomic E-state index is 5.25. The summed E-state index contributed by atoms with van der Waals surface area (Å²) in [6.07, 6.45) is 0. The smallest absolute Gasteiger partial charge is 0.238 e. The SMILES string of the molecule is c1ccc(-c2nc(-c3ccccc3)nc(-n3c4cccc5c6ccccc6n6c7ccccc7c7c8ccccc8c3c(c54)c76)n2)cc1. The van der Waals surface area contributed by atoms with E-state index < -0.39 is 0 Å². The summed E-state index contributed by atoms with van der Waals surface area (Å²) in [5, 5.41) is 9.72. The lowest BCUT2D eigenvalue weighted by atomic mass is 9.98. The first-order valence-electron chi connectivity index (χ1n) is 16.2. The fourth-order valence-electron chi connectivity index (χ4n) is 7.96. The predicted molar refractivity (Wildman–Crippen MR) is 197 cm³/mol. The second-order valence-corrected chi connectivity index (χ2v) is 12.4. The maximum Gasteiger partial charge on any atom is 0.238 e. The summed E-state index contributed by atoms with van der Waals surface area (Å²) >= 11 is 0. The lowest BCUT2D eigenvalue weighted by Crippen LogP contribution is -2.06. The van der Waals surface area contributed by atoms with Gasteiger partial charge in [0.05, 0.1) is 27.6 Å². The molecule has 11 aromatic rings. The van der Waals surface area contributed by atoms with Gasteiger partial charge in [-0.3, -0.25) is 4.57 Å². The third kappa shape index (κ3) is 3.32. The van der Waals surface area contributed by atoms with Crippen LogP contribution in [0.25, 0.3) is 99.4 Å². The molecule has 0 fully saturated rings. The van der Waals surface area contributed by atoms with Crippen molar-refractivity contribution in [2.45, 2.75) is 0 Å². The van der Waals surface area contributed by atoms with E-state index in [9.17, 15) is 0 Å². The third-order valence-electron chi connectivity index (χ3n) is 9.88. The molecule has 0 saturated carbocycles. The van der Waals surface area contributed by atoms with Crippen molar-refractivity contribution in [3.05, 3.63) is 152 Å². The molecule has 5 nitrogen and oxygen atoms in total. The van der Waals surface area contributed by atoms with Crippen LogP contribution in [0, 0.1) is 0 Å². The zero-order chi connectivity index (χ0) is 31.3. The van der Waals surface area contributed by atoms with E-state index in [0.717, 1.165) is 22.2 Å². The molecule has 0 aliphatic heterocycles. The van der Waals surface area contributed by atoms with Crippen LogP contribution in [0.3, 0.4) is 0 Å². The van der Waals surface area contributed by atoms with Gasteiger partial charge >= 0.3 is 0 Å².